The molecular formula is C39H45N5O6. The summed E-state index contributed by atoms with van der Waals surface area (Å²) in [4.78, 5) is 31.5. The lowest BCUT2D eigenvalue weighted by Crippen LogP contribution is -2.38. The van der Waals surface area contributed by atoms with Crippen LogP contribution in [0.25, 0.3) is 10.9 Å². The first-order valence-corrected chi connectivity index (χ1v) is 17.4. The van der Waals surface area contributed by atoms with Gasteiger partial charge in [0.25, 0.3) is 5.91 Å². The number of amides is 1. The number of aromatic nitrogens is 2. The molecule has 2 atom stereocenters. The Morgan fingerprint density at radius 1 is 0.940 bits per heavy atom. The molecule has 7 N–H and O–H groups in total. The molecule has 1 aliphatic carbocycles. The fraction of sp³-hybridized carbons (Fsp3) is 0.359. The number of carbonyl (C=O) groups is 1. The Balaban J connectivity index is 0.915. The zero-order chi connectivity index (χ0) is 34.9. The van der Waals surface area contributed by atoms with Gasteiger partial charge in [0.1, 0.15) is 11.5 Å². The van der Waals surface area contributed by atoms with Gasteiger partial charge in [0.05, 0.1) is 17.8 Å². The van der Waals surface area contributed by atoms with E-state index in [0.29, 0.717) is 66.3 Å². The lowest BCUT2D eigenvalue weighted by molar-refractivity contribution is -0.0238. The number of H-pyrrole nitrogens is 1. The molecule has 1 aliphatic rings. The van der Waals surface area contributed by atoms with E-state index in [4.69, 9.17) is 4.42 Å². The molecule has 0 saturated heterocycles. The summed E-state index contributed by atoms with van der Waals surface area (Å²) in [5.41, 5.74) is 1.63. The summed E-state index contributed by atoms with van der Waals surface area (Å²) in [6.45, 7) is 2.41. The Morgan fingerprint density at radius 3 is 2.50 bits per heavy atom. The van der Waals surface area contributed by atoms with E-state index in [-0.39, 0.29) is 29.7 Å². The van der Waals surface area contributed by atoms with Crippen molar-refractivity contribution in [2.45, 2.75) is 56.8 Å². The van der Waals surface area contributed by atoms with Crippen molar-refractivity contribution in [2.75, 3.05) is 26.2 Å². The Hall–Kier alpha value is -4.81. The van der Waals surface area contributed by atoms with Gasteiger partial charge in [0.2, 0.25) is 11.4 Å². The third-order valence-corrected chi connectivity index (χ3v) is 9.57. The summed E-state index contributed by atoms with van der Waals surface area (Å²) in [5.74, 6) is 0.912. The molecule has 1 amide bonds. The Morgan fingerprint density at radius 2 is 1.72 bits per heavy atom. The fourth-order valence-corrected chi connectivity index (χ4v) is 6.84. The van der Waals surface area contributed by atoms with Crippen molar-refractivity contribution < 1.29 is 24.5 Å². The topological polar surface area (TPSA) is 173 Å². The first kappa shape index (κ1) is 35.0. The first-order chi connectivity index (χ1) is 24.3. The van der Waals surface area contributed by atoms with Gasteiger partial charge in [-0.05, 0) is 53.8 Å². The summed E-state index contributed by atoms with van der Waals surface area (Å²) >= 11 is 0. The van der Waals surface area contributed by atoms with Gasteiger partial charge in [-0.3, -0.25) is 9.59 Å². The summed E-state index contributed by atoms with van der Waals surface area (Å²) < 4.78 is 6.14. The minimum Gasteiger partial charge on any atom is -0.506 e. The molecular weight excluding hydrogens is 634 g/mol. The maximum absolute atomic E-state index is 12.7. The number of rotatable bonds is 15. The lowest BCUT2D eigenvalue weighted by atomic mass is 9.73. The van der Waals surface area contributed by atoms with E-state index in [2.05, 4.69) is 25.9 Å². The molecule has 0 bridgehead atoms. The normalized spacial score (nSPS) is 15.5. The number of fused-ring (bicyclic) bond motifs is 1. The highest BCUT2D eigenvalue weighted by atomic mass is 16.4. The van der Waals surface area contributed by atoms with Crippen molar-refractivity contribution in [1.29, 1.82) is 0 Å². The second-order valence-electron chi connectivity index (χ2n) is 13.0. The van der Waals surface area contributed by atoms with Crippen LogP contribution in [0.3, 0.4) is 0 Å². The third kappa shape index (κ3) is 8.14. The molecule has 0 radical (unpaired) electrons. The maximum atomic E-state index is 12.7. The third-order valence-electron chi connectivity index (χ3n) is 9.57. The van der Waals surface area contributed by atoms with Crippen molar-refractivity contribution in [2.24, 2.45) is 5.92 Å². The molecule has 2 aromatic heterocycles. The summed E-state index contributed by atoms with van der Waals surface area (Å²) in [6, 6.07) is 23.0. The number of phenolic OH excluding ortho intramolecular Hbond substituents is 1. The number of hydrogen-bond acceptors (Lipinski definition) is 9. The number of carbonyl (C=O) groups excluding carboxylic acids is 1. The number of nitrogens with one attached hydrogen (secondary N) is 4. The zero-order valence-corrected chi connectivity index (χ0v) is 28.0. The Bertz CT molecular complexity index is 1920. The van der Waals surface area contributed by atoms with Gasteiger partial charge in [0.15, 0.2) is 5.60 Å². The molecule has 0 aliphatic heterocycles. The van der Waals surface area contributed by atoms with Gasteiger partial charge in [-0.25, -0.2) is 4.98 Å². The number of nitrogens with zero attached hydrogens (tertiary/aromatic N) is 1. The van der Waals surface area contributed by atoms with Crippen LogP contribution in [0.5, 0.6) is 5.75 Å². The van der Waals surface area contributed by atoms with Gasteiger partial charge in [0, 0.05) is 62.1 Å². The van der Waals surface area contributed by atoms with Crippen LogP contribution in [0.1, 0.15) is 76.9 Å². The number of oxazole rings is 1. The summed E-state index contributed by atoms with van der Waals surface area (Å²) in [5, 5.41) is 42.9. The average Bonchev–Trinajstić information content (AvgIpc) is 3.63. The molecule has 11 nitrogen and oxygen atoms in total. The van der Waals surface area contributed by atoms with Crippen molar-refractivity contribution in [3.63, 3.8) is 0 Å². The second kappa shape index (κ2) is 16.3. The summed E-state index contributed by atoms with van der Waals surface area (Å²) in [6.07, 6.45) is 6.71. The molecule has 1 saturated carbocycles. The highest BCUT2D eigenvalue weighted by Gasteiger charge is 2.44. The van der Waals surface area contributed by atoms with E-state index in [9.17, 15) is 24.9 Å². The molecule has 11 heteroatoms. The van der Waals surface area contributed by atoms with E-state index in [1.807, 2.05) is 42.5 Å². The molecule has 0 unspecified atom stereocenters. The molecule has 262 valence electrons. The standard InChI is InChI=1S/C39H45N5O6/c45-33-17-15-31(32-16-18-35(47)44-36(32)33)34(46)25-41-23-26-11-13-27(14-12-26)37(48)42-22-21-40-20-19-30-24-43-38(50-30)39(49,28-7-3-1-4-8-28)29-9-5-2-6-10-29/h1,3-4,7-8,11-18,24,29,34,40-41,45-46,49H,2,5-6,9-10,19-23,25H2,(H,42,48)(H,44,47)/t34-,39-/m0/s1. The fourth-order valence-electron chi connectivity index (χ4n) is 6.84. The van der Waals surface area contributed by atoms with Crippen molar-refractivity contribution in [3.05, 3.63) is 129 Å². The predicted molar refractivity (Wildman–Crippen MR) is 191 cm³/mol. The van der Waals surface area contributed by atoms with Gasteiger partial charge in [-0.1, -0.05) is 67.8 Å². The SMILES string of the molecule is O=C(NCCNCCc1cnc([C@](O)(c2ccccc2)C2CCCCC2)o1)c1ccc(CNC[C@H](O)c2ccc(O)c3[nH]c(=O)ccc23)cc1. The Kier molecular flexibility index (Phi) is 11.4. The van der Waals surface area contributed by atoms with Crippen LogP contribution in [0.15, 0.2) is 94.3 Å². The van der Waals surface area contributed by atoms with Crippen LogP contribution >= 0.6 is 0 Å². The quantitative estimate of drug-likeness (QED) is 0.0791. The predicted octanol–water partition coefficient (Wildman–Crippen LogP) is 4.42. The van der Waals surface area contributed by atoms with Gasteiger partial charge in [-0.15, -0.1) is 0 Å². The van der Waals surface area contributed by atoms with E-state index >= 15 is 0 Å². The number of aromatic amines is 1. The number of hydrogen-bond donors (Lipinski definition) is 7. The number of phenols is 1. The van der Waals surface area contributed by atoms with Crippen LogP contribution in [-0.4, -0.2) is 57.4 Å². The van der Waals surface area contributed by atoms with Gasteiger partial charge in [-0.2, -0.15) is 0 Å². The Labute approximate surface area is 290 Å². The minimum atomic E-state index is -1.25. The van der Waals surface area contributed by atoms with Gasteiger partial charge >= 0.3 is 0 Å². The van der Waals surface area contributed by atoms with Crippen LogP contribution < -0.4 is 21.5 Å². The van der Waals surface area contributed by atoms with Crippen LogP contribution in [0.2, 0.25) is 0 Å². The zero-order valence-electron chi connectivity index (χ0n) is 28.0. The molecule has 5 aromatic rings. The van der Waals surface area contributed by atoms with Crippen molar-refractivity contribution in [1.82, 2.24) is 25.9 Å². The summed E-state index contributed by atoms with van der Waals surface area (Å²) in [7, 11) is 0. The number of aromatic hydroxyl groups is 1. The first-order valence-electron chi connectivity index (χ1n) is 17.4. The van der Waals surface area contributed by atoms with E-state index in [0.717, 1.165) is 36.8 Å². The van der Waals surface area contributed by atoms with Gasteiger partial charge < -0.3 is 40.7 Å². The van der Waals surface area contributed by atoms with Crippen LogP contribution in [0.4, 0.5) is 0 Å². The molecule has 1 fully saturated rings. The molecule has 2 heterocycles. The van der Waals surface area contributed by atoms with E-state index in [1.54, 1.807) is 30.5 Å². The smallest absolute Gasteiger partial charge is 0.251 e. The van der Waals surface area contributed by atoms with E-state index < -0.39 is 11.7 Å². The molecule has 50 heavy (non-hydrogen) atoms. The van der Waals surface area contributed by atoms with Crippen molar-refractivity contribution in [3.8, 4) is 5.75 Å². The average molecular weight is 680 g/mol. The lowest BCUT2D eigenvalue weighted by Gasteiger charge is -2.36. The second-order valence-corrected chi connectivity index (χ2v) is 13.0. The largest absolute Gasteiger partial charge is 0.506 e. The maximum Gasteiger partial charge on any atom is 0.251 e. The molecule has 3 aromatic carbocycles. The van der Waals surface area contributed by atoms with Crippen LogP contribution in [-0.2, 0) is 18.6 Å². The monoisotopic (exact) mass is 679 g/mol. The number of benzene rings is 3. The number of aliphatic hydroxyl groups is 2. The van der Waals surface area contributed by atoms with Crippen molar-refractivity contribution >= 4 is 16.8 Å². The number of pyridine rings is 1. The highest BCUT2D eigenvalue weighted by molar-refractivity contribution is 5.94. The number of aliphatic hydroxyl groups excluding tert-OH is 1. The minimum absolute atomic E-state index is 0.0532. The van der Waals surface area contributed by atoms with E-state index in [1.165, 1.54) is 18.6 Å². The molecule has 0 spiro atoms. The highest BCUT2D eigenvalue weighted by Crippen LogP contribution is 2.43. The molecule has 6 rings (SSSR count). The van der Waals surface area contributed by atoms with Crippen LogP contribution in [0, 0.1) is 5.92 Å².